The highest BCUT2D eigenvalue weighted by Crippen LogP contribution is 2.11. The Morgan fingerprint density at radius 2 is 1.95 bits per heavy atom. The molecule has 1 amide bonds. The molecular formula is C13H17NO5. The minimum absolute atomic E-state index is 0.0753. The average Bonchev–Trinajstić information content (AvgIpc) is 2.42. The Balaban J connectivity index is 2.42. The molecule has 0 bridgehead atoms. The number of rotatable bonds is 6. The molecule has 6 nitrogen and oxygen atoms in total. The highest BCUT2D eigenvalue weighted by atomic mass is 16.5. The summed E-state index contributed by atoms with van der Waals surface area (Å²) in [4.78, 5) is 22.1. The summed E-state index contributed by atoms with van der Waals surface area (Å²) < 4.78 is 9.93. The lowest BCUT2D eigenvalue weighted by atomic mass is 10.2. The molecule has 0 saturated carbocycles. The maximum atomic E-state index is 11.4. The summed E-state index contributed by atoms with van der Waals surface area (Å²) in [6, 6.07) is 6.11. The van der Waals surface area contributed by atoms with Crippen molar-refractivity contribution in [2.75, 3.05) is 7.11 Å². The zero-order valence-corrected chi connectivity index (χ0v) is 10.9. The number of methoxy groups -OCH3 is 1. The van der Waals surface area contributed by atoms with Crippen LogP contribution in [0.5, 0.6) is 5.75 Å². The second-order valence-corrected chi connectivity index (χ2v) is 3.87. The van der Waals surface area contributed by atoms with E-state index in [0.29, 0.717) is 12.2 Å². The third kappa shape index (κ3) is 4.87. The van der Waals surface area contributed by atoms with Crippen LogP contribution in [0.2, 0.25) is 0 Å². The van der Waals surface area contributed by atoms with Crippen LogP contribution in [0.1, 0.15) is 18.9 Å². The van der Waals surface area contributed by atoms with E-state index in [1.54, 1.807) is 38.3 Å². The Hall–Kier alpha value is -2.24. The fraction of sp³-hybridized carbons (Fsp3) is 0.385. The number of hydrogen-bond donors (Lipinski definition) is 2. The van der Waals surface area contributed by atoms with Crippen LogP contribution in [0, 0.1) is 0 Å². The van der Waals surface area contributed by atoms with Crippen LogP contribution < -0.4 is 10.1 Å². The molecule has 1 rings (SSSR count). The number of carboxylic acids is 1. The van der Waals surface area contributed by atoms with E-state index >= 15 is 0 Å². The SMILES string of the molecule is CC[C@H](NC(=O)OCc1ccc(OC)cc1)C(=O)O. The van der Waals surface area contributed by atoms with Gasteiger partial charge in [-0.25, -0.2) is 9.59 Å². The van der Waals surface area contributed by atoms with Crippen LogP contribution in [0.25, 0.3) is 0 Å². The van der Waals surface area contributed by atoms with Gasteiger partial charge in [-0.15, -0.1) is 0 Å². The Labute approximate surface area is 111 Å². The predicted octanol–water partition coefficient (Wildman–Crippen LogP) is 1.78. The molecule has 19 heavy (non-hydrogen) atoms. The summed E-state index contributed by atoms with van der Waals surface area (Å²) in [6.45, 7) is 1.74. The van der Waals surface area contributed by atoms with Gasteiger partial charge in [0.15, 0.2) is 0 Å². The van der Waals surface area contributed by atoms with Gasteiger partial charge in [-0.2, -0.15) is 0 Å². The second kappa shape index (κ2) is 7.25. The quantitative estimate of drug-likeness (QED) is 0.820. The summed E-state index contributed by atoms with van der Waals surface area (Å²) >= 11 is 0. The Morgan fingerprint density at radius 3 is 2.42 bits per heavy atom. The summed E-state index contributed by atoms with van der Waals surface area (Å²) in [7, 11) is 1.57. The van der Waals surface area contributed by atoms with Crippen molar-refractivity contribution < 1.29 is 24.2 Å². The maximum absolute atomic E-state index is 11.4. The summed E-state index contributed by atoms with van der Waals surface area (Å²) in [5.41, 5.74) is 0.791. The number of carbonyl (C=O) groups is 2. The summed E-state index contributed by atoms with van der Waals surface area (Å²) in [5, 5.41) is 11.1. The monoisotopic (exact) mass is 267 g/mol. The van der Waals surface area contributed by atoms with Crippen LogP contribution in [0.3, 0.4) is 0 Å². The number of aliphatic carboxylic acids is 1. The van der Waals surface area contributed by atoms with Crippen molar-refractivity contribution in [3.8, 4) is 5.75 Å². The summed E-state index contributed by atoms with van der Waals surface area (Å²) in [6.07, 6.45) is -0.447. The van der Waals surface area contributed by atoms with E-state index in [1.807, 2.05) is 0 Å². The Kier molecular flexibility index (Phi) is 5.66. The van der Waals surface area contributed by atoms with Gasteiger partial charge in [0.1, 0.15) is 18.4 Å². The van der Waals surface area contributed by atoms with Crippen LogP contribution in [-0.2, 0) is 16.1 Å². The van der Waals surface area contributed by atoms with Gasteiger partial charge in [-0.1, -0.05) is 19.1 Å². The molecule has 0 aromatic heterocycles. The number of alkyl carbamates (subject to hydrolysis) is 1. The number of nitrogens with one attached hydrogen (secondary N) is 1. The molecule has 104 valence electrons. The highest BCUT2D eigenvalue weighted by molar-refractivity contribution is 5.79. The van der Waals surface area contributed by atoms with Crippen molar-refractivity contribution in [1.29, 1.82) is 0 Å². The van der Waals surface area contributed by atoms with E-state index < -0.39 is 18.1 Å². The third-order valence-corrected chi connectivity index (χ3v) is 2.53. The molecule has 6 heteroatoms. The zero-order chi connectivity index (χ0) is 14.3. The fourth-order valence-electron chi connectivity index (χ4n) is 1.39. The maximum Gasteiger partial charge on any atom is 0.408 e. The molecule has 0 heterocycles. The van der Waals surface area contributed by atoms with Gasteiger partial charge in [0.2, 0.25) is 0 Å². The van der Waals surface area contributed by atoms with E-state index in [-0.39, 0.29) is 6.61 Å². The van der Waals surface area contributed by atoms with Crippen LogP contribution >= 0.6 is 0 Å². The molecule has 1 aromatic carbocycles. The van der Waals surface area contributed by atoms with Crippen LogP contribution in [0.15, 0.2) is 24.3 Å². The average molecular weight is 267 g/mol. The van der Waals surface area contributed by atoms with Gasteiger partial charge in [-0.05, 0) is 24.1 Å². The topological polar surface area (TPSA) is 84.9 Å². The van der Waals surface area contributed by atoms with Gasteiger partial charge in [0.25, 0.3) is 0 Å². The lowest BCUT2D eigenvalue weighted by molar-refractivity contribution is -0.139. The molecule has 0 unspecified atom stereocenters. The standard InChI is InChI=1S/C13H17NO5/c1-3-11(12(15)16)14-13(17)19-8-9-4-6-10(18-2)7-5-9/h4-7,11H,3,8H2,1-2H3,(H,14,17)(H,15,16)/t11-/m0/s1. The number of carbonyl (C=O) groups excluding carboxylic acids is 1. The molecule has 0 saturated heterocycles. The minimum atomic E-state index is -1.08. The van der Waals surface area contributed by atoms with Gasteiger partial charge in [0.05, 0.1) is 7.11 Å². The smallest absolute Gasteiger partial charge is 0.408 e. The predicted molar refractivity (Wildman–Crippen MR) is 68.0 cm³/mol. The van der Waals surface area contributed by atoms with Crippen molar-refractivity contribution in [2.45, 2.75) is 26.0 Å². The Morgan fingerprint density at radius 1 is 1.32 bits per heavy atom. The first-order valence-corrected chi connectivity index (χ1v) is 5.85. The van der Waals surface area contributed by atoms with E-state index in [1.165, 1.54) is 0 Å². The van der Waals surface area contributed by atoms with Gasteiger partial charge >= 0.3 is 12.1 Å². The molecule has 1 aromatic rings. The molecular weight excluding hydrogens is 250 g/mol. The molecule has 0 aliphatic rings. The largest absolute Gasteiger partial charge is 0.497 e. The normalized spacial score (nSPS) is 11.5. The highest BCUT2D eigenvalue weighted by Gasteiger charge is 2.18. The molecule has 0 fully saturated rings. The van der Waals surface area contributed by atoms with Crippen LogP contribution in [-0.4, -0.2) is 30.3 Å². The minimum Gasteiger partial charge on any atom is -0.497 e. The third-order valence-electron chi connectivity index (χ3n) is 2.53. The molecule has 1 atom stereocenters. The van der Waals surface area contributed by atoms with Gasteiger partial charge in [0, 0.05) is 0 Å². The summed E-state index contributed by atoms with van der Waals surface area (Å²) in [5.74, 6) is -0.367. The molecule has 0 aliphatic carbocycles. The van der Waals surface area contributed by atoms with Crippen molar-refractivity contribution in [1.82, 2.24) is 5.32 Å². The number of benzene rings is 1. The van der Waals surface area contributed by atoms with E-state index in [0.717, 1.165) is 5.56 Å². The second-order valence-electron chi connectivity index (χ2n) is 3.87. The van der Waals surface area contributed by atoms with E-state index in [9.17, 15) is 9.59 Å². The Bertz CT molecular complexity index is 429. The van der Waals surface area contributed by atoms with Crippen molar-refractivity contribution in [3.63, 3.8) is 0 Å². The van der Waals surface area contributed by atoms with Crippen molar-refractivity contribution >= 4 is 12.1 Å². The number of hydrogen-bond acceptors (Lipinski definition) is 4. The van der Waals surface area contributed by atoms with Gasteiger partial charge in [-0.3, -0.25) is 0 Å². The van der Waals surface area contributed by atoms with Crippen LogP contribution in [0.4, 0.5) is 4.79 Å². The fourth-order valence-corrected chi connectivity index (χ4v) is 1.39. The first-order valence-electron chi connectivity index (χ1n) is 5.85. The first kappa shape index (κ1) is 14.8. The number of carboxylic acid groups (broad SMARTS) is 1. The first-order chi connectivity index (χ1) is 9.06. The number of amides is 1. The number of ether oxygens (including phenoxy) is 2. The lowest BCUT2D eigenvalue weighted by Crippen LogP contribution is -2.40. The van der Waals surface area contributed by atoms with E-state index in [4.69, 9.17) is 14.6 Å². The van der Waals surface area contributed by atoms with E-state index in [2.05, 4.69) is 5.32 Å². The zero-order valence-electron chi connectivity index (χ0n) is 10.9. The molecule has 0 radical (unpaired) electrons. The molecule has 0 spiro atoms. The van der Waals surface area contributed by atoms with Crippen molar-refractivity contribution in [2.24, 2.45) is 0 Å². The van der Waals surface area contributed by atoms with Gasteiger partial charge < -0.3 is 19.9 Å². The lowest BCUT2D eigenvalue weighted by Gasteiger charge is -2.12. The molecule has 2 N–H and O–H groups in total. The van der Waals surface area contributed by atoms with Crippen molar-refractivity contribution in [3.05, 3.63) is 29.8 Å². The molecule has 0 aliphatic heterocycles.